The molecular formula is C22H25N3O4. The van der Waals surface area contributed by atoms with E-state index in [0.29, 0.717) is 38.0 Å². The molecular weight excluding hydrogens is 370 g/mol. The number of nitrogens with zero attached hydrogens (tertiary/aromatic N) is 1. The van der Waals surface area contributed by atoms with Crippen molar-refractivity contribution in [3.63, 3.8) is 0 Å². The molecule has 1 saturated heterocycles. The number of piperidine rings is 1. The third kappa shape index (κ3) is 5.57. The predicted molar refractivity (Wildman–Crippen MR) is 109 cm³/mol. The zero-order chi connectivity index (χ0) is 20.8. The summed E-state index contributed by atoms with van der Waals surface area (Å²) in [5, 5.41) is 14.6. The van der Waals surface area contributed by atoms with Crippen LogP contribution in [0.4, 0.5) is 4.79 Å². The molecule has 0 aromatic heterocycles. The number of carboxylic acids is 1. The van der Waals surface area contributed by atoms with Gasteiger partial charge in [-0.15, -0.1) is 0 Å². The standard InChI is InChI=1S/C22H25N3O4/c1-15-2-6-17(7-3-15)20(26)25-12-10-19(11-13-25)24-22(29)23-14-16-4-8-18(9-5-16)21(27)28/h2-9,19H,10-14H2,1H3,(H,27,28)(H2,23,24,29). The first-order valence-electron chi connectivity index (χ1n) is 9.65. The molecule has 1 fully saturated rings. The van der Waals surface area contributed by atoms with Crippen molar-refractivity contribution in [3.05, 3.63) is 70.8 Å². The second-order valence-electron chi connectivity index (χ2n) is 7.26. The fraction of sp³-hybridized carbons (Fsp3) is 0.318. The molecule has 1 aliphatic rings. The monoisotopic (exact) mass is 395 g/mol. The number of aryl methyl sites for hydroxylation is 1. The van der Waals surface area contributed by atoms with Crippen molar-refractivity contribution in [2.45, 2.75) is 32.4 Å². The molecule has 7 nitrogen and oxygen atoms in total. The smallest absolute Gasteiger partial charge is 0.335 e. The van der Waals surface area contributed by atoms with E-state index in [0.717, 1.165) is 11.1 Å². The van der Waals surface area contributed by atoms with Crippen molar-refractivity contribution < 1.29 is 19.5 Å². The lowest BCUT2D eigenvalue weighted by Gasteiger charge is -2.32. The number of urea groups is 1. The normalized spacial score (nSPS) is 14.3. The van der Waals surface area contributed by atoms with Crippen molar-refractivity contribution in [3.8, 4) is 0 Å². The van der Waals surface area contributed by atoms with Crippen LogP contribution in [-0.2, 0) is 6.54 Å². The van der Waals surface area contributed by atoms with Gasteiger partial charge in [0.1, 0.15) is 0 Å². The Kier molecular flexibility index (Phi) is 6.49. The van der Waals surface area contributed by atoms with E-state index in [9.17, 15) is 14.4 Å². The summed E-state index contributed by atoms with van der Waals surface area (Å²) in [5.41, 5.74) is 2.84. The van der Waals surface area contributed by atoms with Gasteiger partial charge in [-0.2, -0.15) is 0 Å². The number of carboxylic acid groups (broad SMARTS) is 1. The molecule has 0 spiro atoms. The lowest BCUT2D eigenvalue weighted by molar-refractivity contribution is 0.0691. The number of amides is 3. The van der Waals surface area contributed by atoms with E-state index in [2.05, 4.69) is 10.6 Å². The molecule has 0 saturated carbocycles. The first kappa shape index (κ1) is 20.4. The van der Waals surface area contributed by atoms with E-state index in [1.807, 2.05) is 36.1 Å². The summed E-state index contributed by atoms with van der Waals surface area (Å²) in [7, 11) is 0. The topological polar surface area (TPSA) is 98.7 Å². The molecule has 29 heavy (non-hydrogen) atoms. The number of benzene rings is 2. The fourth-order valence-electron chi connectivity index (χ4n) is 3.29. The quantitative estimate of drug-likeness (QED) is 0.725. The van der Waals surface area contributed by atoms with Gasteiger partial charge in [0.05, 0.1) is 5.56 Å². The molecule has 7 heteroatoms. The minimum Gasteiger partial charge on any atom is -0.478 e. The maximum absolute atomic E-state index is 12.6. The largest absolute Gasteiger partial charge is 0.478 e. The Morgan fingerprint density at radius 1 is 0.966 bits per heavy atom. The molecule has 3 rings (SSSR count). The maximum Gasteiger partial charge on any atom is 0.335 e. The van der Waals surface area contributed by atoms with Crippen molar-refractivity contribution >= 4 is 17.9 Å². The van der Waals surface area contributed by atoms with E-state index in [1.54, 1.807) is 12.1 Å². The minimum atomic E-state index is -0.977. The van der Waals surface area contributed by atoms with Gasteiger partial charge in [0.25, 0.3) is 5.91 Å². The molecule has 2 aromatic carbocycles. The van der Waals surface area contributed by atoms with Crippen LogP contribution in [0.2, 0.25) is 0 Å². The number of carbonyl (C=O) groups is 3. The zero-order valence-electron chi connectivity index (χ0n) is 16.4. The molecule has 1 aliphatic heterocycles. The van der Waals surface area contributed by atoms with Crippen LogP contribution < -0.4 is 10.6 Å². The number of hydrogen-bond donors (Lipinski definition) is 3. The minimum absolute atomic E-state index is 0.0199. The Balaban J connectivity index is 1.41. The average Bonchev–Trinajstić information content (AvgIpc) is 2.73. The van der Waals surface area contributed by atoms with Crippen LogP contribution >= 0.6 is 0 Å². The summed E-state index contributed by atoms with van der Waals surface area (Å²) in [4.78, 5) is 37.4. The highest BCUT2D eigenvalue weighted by Crippen LogP contribution is 2.14. The van der Waals surface area contributed by atoms with Gasteiger partial charge in [-0.05, 0) is 49.6 Å². The Bertz CT molecular complexity index is 870. The molecule has 0 bridgehead atoms. The van der Waals surface area contributed by atoms with Gasteiger partial charge in [0.15, 0.2) is 0 Å². The summed E-state index contributed by atoms with van der Waals surface area (Å²) in [5.74, 6) is -0.952. The van der Waals surface area contributed by atoms with Gasteiger partial charge in [-0.3, -0.25) is 4.79 Å². The molecule has 152 valence electrons. The van der Waals surface area contributed by atoms with Crippen LogP contribution in [0.1, 0.15) is 44.7 Å². The Labute approximate surface area is 169 Å². The van der Waals surface area contributed by atoms with Crippen LogP contribution in [0, 0.1) is 6.92 Å². The number of likely N-dealkylation sites (tertiary alicyclic amines) is 1. The first-order chi connectivity index (χ1) is 13.9. The van der Waals surface area contributed by atoms with E-state index in [4.69, 9.17) is 5.11 Å². The third-order valence-electron chi connectivity index (χ3n) is 5.07. The second-order valence-corrected chi connectivity index (χ2v) is 7.26. The highest BCUT2D eigenvalue weighted by Gasteiger charge is 2.24. The SMILES string of the molecule is Cc1ccc(C(=O)N2CCC(NC(=O)NCc3ccc(C(=O)O)cc3)CC2)cc1. The van der Waals surface area contributed by atoms with Crippen LogP contribution in [-0.4, -0.2) is 47.0 Å². The highest BCUT2D eigenvalue weighted by atomic mass is 16.4. The zero-order valence-corrected chi connectivity index (χ0v) is 16.4. The van der Waals surface area contributed by atoms with Crippen molar-refractivity contribution in [1.29, 1.82) is 0 Å². The lowest BCUT2D eigenvalue weighted by atomic mass is 10.0. The predicted octanol–water partition coefficient (Wildman–Crippen LogP) is 2.80. The molecule has 2 aromatic rings. The molecule has 0 aliphatic carbocycles. The molecule has 0 radical (unpaired) electrons. The van der Waals surface area contributed by atoms with Crippen LogP contribution in [0.5, 0.6) is 0 Å². The van der Waals surface area contributed by atoms with E-state index in [-0.39, 0.29) is 23.5 Å². The maximum atomic E-state index is 12.6. The number of carbonyl (C=O) groups excluding carboxylic acids is 2. The summed E-state index contributed by atoms with van der Waals surface area (Å²) in [6.45, 7) is 3.51. The van der Waals surface area contributed by atoms with Crippen molar-refractivity contribution in [2.75, 3.05) is 13.1 Å². The Hall–Kier alpha value is -3.35. The Morgan fingerprint density at radius 3 is 2.14 bits per heavy atom. The summed E-state index contributed by atoms with van der Waals surface area (Å²) < 4.78 is 0. The van der Waals surface area contributed by atoms with Gasteiger partial charge in [-0.1, -0.05) is 29.8 Å². The van der Waals surface area contributed by atoms with E-state index < -0.39 is 5.97 Å². The van der Waals surface area contributed by atoms with Crippen LogP contribution in [0.25, 0.3) is 0 Å². The van der Waals surface area contributed by atoms with Crippen molar-refractivity contribution in [1.82, 2.24) is 15.5 Å². The Morgan fingerprint density at radius 2 is 1.55 bits per heavy atom. The van der Waals surface area contributed by atoms with Gasteiger partial charge in [0.2, 0.25) is 0 Å². The number of nitrogens with one attached hydrogen (secondary N) is 2. The highest BCUT2D eigenvalue weighted by molar-refractivity contribution is 5.94. The molecule has 3 amide bonds. The van der Waals surface area contributed by atoms with Gasteiger partial charge in [-0.25, -0.2) is 9.59 Å². The van der Waals surface area contributed by atoms with Crippen LogP contribution in [0.15, 0.2) is 48.5 Å². The average molecular weight is 395 g/mol. The van der Waals surface area contributed by atoms with E-state index in [1.165, 1.54) is 12.1 Å². The van der Waals surface area contributed by atoms with Gasteiger partial charge < -0.3 is 20.6 Å². The van der Waals surface area contributed by atoms with Gasteiger partial charge >= 0.3 is 12.0 Å². The van der Waals surface area contributed by atoms with Crippen molar-refractivity contribution in [2.24, 2.45) is 0 Å². The third-order valence-corrected chi connectivity index (χ3v) is 5.07. The van der Waals surface area contributed by atoms with E-state index >= 15 is 0 Å². The van der Waals surface area contributed by atoms with Gasteiger partial charge in [0, 0.05) is 31.2 Å². The fourth-order valence-corrected chi connectivity index (χ4v) is 3.29. The molecule has 1 heterocycles. The lowest BCUT2D eigenvalue weighted by Crippen LogP contribution is -2.49. The summed E-state index contributed by atoms with van der Waals surface area (Å²) in [6, 6.07) is 13.7. The van der Waals surface area contributed by atoms with Crippen LogP contribution in [0.3, 0.4) is 0 Å². The number of hydrogen-bond acceptors (Lipinski definition) is 3. The molecule has 3 N–H and O–H groups in total. The second kappa shape index (κ2) is 9.23. The number of rotatable bonds is 5. The summed E-state index contributed by atoms with van der Waals surface area (Å²) >= 11 is 0. The number of aromatic carboxylic acids is 1. The first-order valence-corrected chi connectivity index (χ1v) is 9.65. The molecule has 0 unspecified atom stereocenters. The molecule has 0 atom stereocenters. The summed E-state index contributed by atoms with van der Waals surface area (Å²) in [6.07, 6.45) is 1.41.